The Morgan fingerprint density at radius 1 is 1.70 bits per heavy atom. The van der Waals surface area contributed by atoms with Crippen LogP contribution in [-0.4, -0.2) is 27.4 Å². The molecule has 10 heavy (non-hydrogen) atoms. The molecule has 0 saturated heterocycles. The Balaban J connectivity index is 3.58. The van der Waals surface area contributed by atoms with Crippen LogP contribution >= 0.6 is 10.8 Å². The predicted molar refractivity (Wildman–Crippen MR) is 38.5 cm³/mol. The maximum Gasteiger partial charge on any atom is 0.326 e. The molecular formula is C4H11NO4S. The lowest BCUT2D eigenvalue weighted by molar-refractivity contribution is -0.140. The number of rotatable bonds is 3. The van der Waals surface area contributed by atoms with Gasteiger partial charge in [0, 0.05) is 0 Å². The minimum absolute atomic E-state index is 0.217. The fourth-order valence-corrected chi connectivity index (χ4v) is 0.806. The van der Waals surface area contributed by atoms with Crippen molar-refractivity contribution in [3.63, 3.8) is 0 Å². The lowest BCUT2D eigenvalue weighted by Crippen LogP contribution is -2.21. The zero-order valence-corrected chi connectivity index (χ0v) is 6.43. The molecule has 0 radical (unpaired) electrons. The number of hydrogen-bond donors (Lipinski definition) is 3. The van der Waals surface area contributed by atoms with E-state index >= 15 is 0 Å². The second kappa shape index (κ2) is 3.77. The van der Waals surface area contributed by atoms with Crippen LogP contribution in [0, 0.1) is 0 Å². The fraction of sp³-hybridized carbons (Fsp3) is 0.750. The Morgan fingerprint density at radius 2 is 2.20 bits per heavy atom. The highest BCUT2D eigenvalue weighted by atomic mass is 32.3. The van der Waals surface area contributed by atoms with E-state index in [2.05, 4.69) is 4.74 Å². The van der Waals surface area contributed by atoms with Crippen molar-refractivity contribution in [3.8, 4) is 0 Å². The summed E-state index contributed by atoms with van der Waals surface area (Å²) in [5.74, 6) is -1.22. The zero-order chi connectivity index (χ0) is 8.20. The summed E-state index contributed by atoms with van der Waals surface area (Å²) in [6.45, 7) is 1.84. The molecule has 0 aromatic carbocycles. The van der Waals surface area contributed by atoms with Gasteiger partial charge in [0.25, 0.3) is 0 Å². The number of hydrogen-bond acceptors (Lipinski definition) is 5. The Morgan fingerprint density at radius 3 is 2.50 bits per heavy atom. The highest BCUT2D eigenvalue weighted by molar-refractivity contribution is 8.22. The summed E-state index contributed by atoms with van der Waals surface area (Å²) in [6, 6.07) is 0. The van der Waals surface area contributed by atoms with Crippen LogP contribution in [-0.2, 0) is 9.53 Å². The first kappa shape index (κ1) is 9.70. The van der Waals surface area contributed by atoms with Gasteiger partial charge in [0.15, 0.2) is 5.75 Å². The minimum atomic E-state index is -3.22. The second-order valence-corrected chi connectivity index (χ2v) is 3.39. The van der Waals surface area contributed by atoms with Crippen molar-refractivity contribution >= 4 is 16.7 Å². The van der Waals surface area contributed by atoms with E-state index in [1.807, 2.05) is 0 Å². The van der Waals surface area contributed by atoms with Crippen LogP contribution in [0.4, 0.5) is 0 Å². The van der Waals surface area contributed by atoms with Crippen molar-refractivity contribution in [2.24, 2.45) is 5.14 Å². The van der Waals surface area contributed by atoms with Gasteiger partial charge in [0.2, 0.25) is 0 Å². The van der Waals surface area contributed by atoms with Crippen LogP contribution in [0.5, 0.6) is 0 Å². The number of carbonyl (C=O) groups excluding carboxylic acids is 1. The van der Waals surface area contributed by atoms with Crippen LogP contribution in [0.2, 0.25) is 0 Å². The molecule has 0 spiro atoms. The minimum Gasteiger partial charge on any atom is -0.465 e. The third kappa shape index (κ3) is 5.83. The number of esters is 1. The van der Waals surface area contributed by atoms with Gasteiger partial charge >= 0.3 is 5.97 Å². The van der Waals surface area contributed by atoms with Crippen LogP contribution in [0.3, 0.4) is 0 Å². The van der Waals surface area contributed by atoms with E-state index < -0.39 is 22.5 Å². The largest absolute Gasteiger partial charge is 0.465 e. The third-order valence-electron chi connectivity index (χ3n) is 0.636. The molecule has 5 nitrogen and oxygen atoms in total. The highest BCUT2D eigenvalue weighted by Gasteiger charge is 2.12. The molecule has 0 amide bonds. The molecule has 0 aromatic rings. The zero-order valence-electron chi connectivity index (χ0n) is 5.61. The van der Waals surface area contributed by atoms with Crippen molar-refractivity contribution in [2.45, 2.75) is 6.92 Å². The van der Waals surface area contributed by atoms with E-state index in [1.54, 1.807) is 6.92 Å². The molecule has 0 aromatic heterocycles. The van der Waals surface area contributed by atoms with E-state index in [1.165, 1.54) is 0 Å². The van der Waals surface area contributed by atoms with Gasteiger partial charge in [-0.3, -0.25) is 13.9 Å². The first-order chi connectivity index (χ1) is 4.45. The van der Waals surface area contributed by atoms with Gasteiger partial charge in [-0.2, -0.15) is 0 Å². The first-order valence-corrected chi connectivity index (χ1v) is 4.43. The van der Waals surface area contributed by atoms with Gasteiger partial charge in [-0.05, 0) is 6.92 Å². The predicted octanol–water partition coefficient (Wildman–Crippen LogP) is 0.174. The third-order valence-corrected chi connectivity index (χ3v) is 1.30. The highest BCUT2D eigenvalue weighted by Crippen LogP contribution is 2.26. The Hall–Kier alpha value is -0.300. The van der Waals surface area contributed by atoms with E-state index in [0.717, 1.165) is 0 Å². The molecule has 0 bridgehead atoms. The van der Waals surface area contributed by atoms with Crippen LogP contribution in [0.15, 0.2) is 0 Å². The molecular weight excluding hydrogens is 158 g/mol. The maximum absolute atomic E-state index is 10.5. The van der Waals surface area contributed by atoms with E-state index in [4.69, 9.17) is 14.2 Å². The summed E-state index contributed by atoms with van der Waals surface area (Å²) in [6.07, 6.45) is 0. The number of ether oxygens (including phenoxy) is 1. The topological polar surface area (TPSA) is 92.8 Å². The molecule has 0 unspecified atom stereocenters. The Labute approximate surface area is 60.7 Å². The van der Waals surface area contributed by atoms with Gasteiger partial charge < -0.3 is 4.74 Å². The van der Waals surface area contributed by atoms with Crippen molar-refractivity contribution < 1.29 is 18.6 Å². The standard InChI is InChI=1S/C4H11NO4S/c1-2-9-4(6)3-10(5,7)8/h7-8H,2-3,5H2,1H3. The summed E-state index contributed by atoms with van der Waals surface area (Å²) in [4.78, 5) is 10.5. The van der Waals surface area contributed by atoms with Crippen molar-refractivity contribution in [1.29, 1.82) is 0 Å². The molecule has 0 saturated carbocycles. The Kier molecular flexibility index (Phi) is 3.66. The van der Waals surface area contributed by atoms with Crippen LogP contribution in [0.25, 0.3) is 0 Å². The lowest BCUT2D eigenvalue weighted by Gasteiger charge is -2.24. The molecule has 4 N–H and O–H groups in total. The average Bonchev–Trinajstić information content (AvgIpc) is 1.59. The van der Waals surface area contributed by atoms with Gasteiger partial charge in [-0.1, -0.05) is 0 Å². The summed E-state index contributed by atoms with van der Waals surface area (Å²) in [7, 11) is -3.22. The molecule has 0 heterocycles. The second-order valence-electron chi connectivity index (χ2n) is 1.67. The van der Waals surface area contributed by atoms with Crippen molar-refractivity contribution in [3.05, 3.63) is 0 Å². The Bertz CT molecular complexity index is 121. The van der Waals surface area contributed by atoms with Gasteiger partial charge in [0.1, 0.15) is 0 Å². The van der Waals surface area contributed by atoms with Crippen LogP contribution in [0.1, 0.15) is 6.92 Å². The average molecular weight is 169 g/mol. The quantitative estimate of drug-likeness (QED) is 0.524. The maximum atomic E-state index is 10.5. The van der Waals surface area contributed by atoms with E-state index in [9.17, 15) is 4.79 Å². The molecule has 0 aliphatic rings. The molecule has 62 valence electrons. The SMILES string of the molecule is CCOC(=O)CS(N)(O)O. The normalized spacial score (nSPS) is 12.8. The number of nitrogens with two attached hydrogens (primary N) is 1. The van der Waals surface area contributed by atoms with Gasteiger partial charge in [-0.25, -0.2) is 5.14 Å². The van der Waals surface area contributed by atoms with E-state index in [-0.39, 0.29) is 6.61 Å². The van der Waals surface area contributed by atoms with Gasteiger partial charge in [-0.15, -0.1) is 10.8 Å². The van der Waals surface area contributed by atoms with E-state index in [0.29, 0.717) is 0 Å². The molecule has 0 aliphatic carbocycles. The molecule has 0 atom stereocenters. The smallest absolute Gasteiger partial charge is 0.326 e. The van der Waals surface area contributed by atoms with Gasteiger partial charge in [0.05, 0.1) is 6.61 Å². The number of carbonyl (C=O) groups is 1. The summed E-state index contributed by atoms with van der Waals surface area (Å²) in [5, 5.41) is 4.76. The molecule has 0 fully saturated rings. The molecule has 0 rings (SSSR count). The van der Waals surface area contributed by atoms with Crippen LogP contribution < -0.4 is 5.14 Å². The monoisotopic (exact) mass is 169 g/mol. The van der Waals surface area contributed by atoms with Crippen molar-refractivity contribution in [2.75, 3.05) is 12.4 Å². The fourth-order valence-electron chi connectivity index (χ4n) is 0.376. The van der Waals surface area contributed by atoms with Crippen molar-refractivity contribution in [1.82, 2.24) is 0 Å². The molecule has 6 heteroatoms. The summed E-state index contributed by atoms with van der Waals surface area (Å²) >= 11 is 0. The lowest BCUT2D eigenvalue weighted by atomic mass is 10.8. The summed E-state index contributed by atoms with van der Waals surface area (Å²) in [5.41, 5.74) is 0. The molecule has 0 aliphatic heterocycles. The first-order valence-electron chi connectivity index (χ1n) is 2.65. The summed E-state index contributed by atoms with van der Waals surface area (Å²) < 4.78 is 21.5.